The molecule has 20 heavy (non-hydrogen) atoms. The molecule has 0 aliphatic heterocycles. The van der Waals surface area contributed by atoms with E-state index in [4.69, 9.17) is 9.47 Å². The molecule has 2 N–H and O–H groups in total. The van der Waals surface area contributed by atoms with Crippen LogP contribution < -0.4 is 20.1 Å². The van der Waals surface area contributed by atoms with Gasteiger partial charge in [-0.3, -0.25) is 4.79 Å². The minimum Gasteiger partial charge on any atom is -0.497 e. The Kier molecular flexibility index (Phi) is 7.50. The van der Waals surface area contributed by atoms with Crippen molar-refractivity contribution in [3.8, 4) is 11.5 Å². The van der Waals surface area contributed by atoms with Crippen LogP contribution in [0.1, 0.15) is 19.8 Å². The Morgan fingerprint density at radius 1 is 1.25 bits per heavy atom. The van der Waals surface area contributed by atoms with Crippen molar-refractivity contribution in [1.82, 2.24) is 10.6 Å². The Hall–Kier alpha value is -1.75. The molecular weight excluding hydrogens is 256 g/mol. The van der Waals surface area contributed by atoms with Gasteiger partial charge in [0.25, 0.3) is 0 Å². The minimum atomic E-state index is 0.0606. The van der Waals surface area contributed by atoms with Gasteiger partial charge in [0, 0.05) is 19.0 Å². The third-order valence-electron chi connectivity index (χ3n) is 2.97. The van der Waals surface area contributed by atoms with Gasteiger partial charge in [0.2, 0.25) is 5.91 Å². The van der Waals surface area contributed by atoms with E-state index in [9.17, 15) is 4.79 Å². The molecular formula is C15H24N2O3. The molecule has 1 aromatic rings. The summed E-state index contributed by atoms with van der Waals surface area (Å²) in [4.78, 5) is 11.5. The molecule has 0 aromatic heterocycles. The summed E-state index contributed by atoms with van der Waals surface area (Å²) >= 11 is 0. The molecule has 1 atom stereocenters. The van der Waals surface area contributed by atoms with Crippen molar-refractivity contribution in [3.05, 3.63) is 24.3 Å². The van der Waals surface area contributed by atoms with Crippen LogP contribution >= 0.6 is 0 Å². The predicted molar refractivity (Wildman–Crippen MR) is 79.3 cm³/mol. The highest BCUT2D eigenvalue weighted by Crippen LogP contribution is 2.17. The number of hydrogen-bond donors (Lipinski definition) is 2. The third kappa shape index (κ3) is 6.43. The maximum absolute atomic E-state index is 11.5. The standard InChI is InChI=1S/C15H24N2O3/c1-12(16-2)11-17-15(18)5-4-10-20-14-8-6-13(19-3)7-9-14/h6-9,12,16H,4-5,10-11H2,1-3H3,(H,17,18). The Balaban J connectivity index is 2.13. The molecule has 0 fully saturated rings. The summed E-state index contributed by atoms with van der Waals surface area (Å²) in [5.41, 5.74) is 0. The number of rotatable bonds is 9. The van der Waals surface area contributed by atoms with Gasteiger partial charge in [0.15, 0.2) is 0 Å². The zero-order valence-electron chi connectivity index (χ0n) is 12.4. The van der Waals surface area contributed by atoms with E-state index in [-0.39, 0.29) is 11.9 Å². The first-order valence-corrected chi connectivity index (χ1v) is 6.86. The van der Waals surface area contributed by atoms with Gasteiger partial charge in [-0.1, -0.05) is 0 Å². The Labute approximate surface area is 120 Å². The smallest absolute Gasteiger partial charge is 0.220 e. The first kappa shape index (κ1) is 16.3. The van der Waals surface area contributed by atoms with Gasteiger partial charge in [0.05, 0.1) is 13.7 Å². The largest absolute Gasteiger partial charge is 0.497 e. The summed E-state index contributed by atoms with van der Waals surface area (Å²) in [7, 11) is 3.50. The van der Waals surface area contributed by atoms with E-state index < -0.39 is 0 Å². The molecule has 0 aliphatic rings. The van der Waals surface area contributed by atoms with Crippen molar-refractivity contribution in [2.45, 2.75) is 25.8 Å². The van der Waals surface area contributed by atoms with Gasteiger partial charge in [0.1, 0.15) is 11.5 Å². The first-order valence-electron chi connectivity index (χ1n) is 6.86. The van der Waals surface area contributed by atoms with Gasteiger partial charge in [-0.2, -0.15) is 0 Å². The van der Waals surface area contributed by atoms with Gasteiger partial charge in [-0.15, -0.1) is 0 Å². The summed E-state index contributed by atoms with van der Waals surface area (Å²) in [6, 6.07) is 7.69. The monoisotopic (exact) mass is 280 g/mol. The lowest BCUT2D eigenvalue weighted by molar-refractivity contribution is -0.121. The third-order valence-corrected chi connectivity index (χ3v) is 2.97. The number of methoxy groups -OCH3 is 1. The van der Waals surface area contributed by atoms with Crippen LogP contribution in [-0.2, 0) is 4.79 Å². The Morgan fingerprint density at radius 3 is 2.50 bits per heavy atom. The average Bonchev–Trinajstić information content (AvgIpc) is 2.49. The lowest BCUT2D eigenvalue weighted by Gasteiger charge is -2.11. The van der Waals surface area contributed by atoms with Crippen LogP contribution in [-0.4, -0.2) is 39.3 Å². The molecule has 1 aromatic carbocycles. The summed E-state index contributed by atoms with van der Waals surface area (Å²) < 4.78 is 10.6. The zero-order valence-corrected chi connectivity index (χ0v) is 12.4. The molecule has 0 radical (unpaired) electrons. The molecule has 1 rings (SSSR count). The SMILES string of the molecule is CNC(C)CNC(=O)CCCOc1ccc(OC)cc1. The molecule has 1 amide bonds. The first-order chi connectivity index (χ1) is 9.65. The van der Waals surface area contributed by atoms with Gasteiger partial charge >= 0.3 is 0 Å². The van der Waals surface area contributed by atoms with Crippen LogP contribution in [0.15, 0.2) is 24.3 Å². The highest BCUT2D eigenvalue weighted by molar-refractivity contribution is 5.75. The maximum Gasteiger partial charge on any atom is 0.220 e. The minimum absolute atomic E-state index is 0.0606. The molecule has 0 bridgehead atoms. The Bertz CT molecular complexity index is 393. The van der Waals surface area contributed by atoms with E-state index in [0.717, 1.165) is 11.5 Å². The highest BCUT2D eigenvalue weighted by Gasteiger charge is 2.03. The van der Waals surface area contributed by atoms with Crippen molar-refractivity contribution in [2.24, 2.45) is 0 Å². The number of carbonyl (C=O) groups excluding carboxylic acids is 1. The van der Waals surface area contributed by atoms with Crippen LogP contribution in [0.2, 0.25) is 0 Å². The molecule has 5 nitrogen and oxygen atoms in total. The van der Waals surface area contributed by atoms with Gasteiger partial charge in [-0.05, 0) is 44.7 Å². The summed E-state index contributed by atoms with van der Waals surface area (Å²) in [6.07, 6.45) is 1.18. The maximum atomic E-state index is 11.5. The fourth-order valence-corrected chi connectivity index (χ4v) is 1.55. The van der Waals surface area contributed by atoms with Gasteiger partial charge in [-0.25, -0.2) is 0 Å². The van der Waals surface area contributed by atoms with Crippen LogP contribution in [0.3, 0.4) is 0 Å². The Morgan fingerprint density at radius 2 is 1.90 bits per heavy atom. The van der Waals surface area contributed by atoms with Crippen LogP contribution in [0.5, 0.6) is 11.5 Å². The summed E-state index contributed by atoms with van der Waals surface area (Å²) in [5, 5.41) is 5.94. The van der Waals surface area contributed by atoms with E-state index in [1.807, 2.05) is 38.2 Å². The lowest BCUT2D eigenvalue weighted by atomic mass is 10.3. The van der Waals surface area contributed by atoms with Crippen molar-refractivity contribution >= 4 is 5.91 Å². The van der Waals surface area contributed by atoms with Crippen molar-refractivity contribution in [2.75, 3.05) is 27.3 Å². The van der Waals surface area contributed by atoms with Crippen molar-refractivity contribution in [3.63, 3.8) is 0 Å². The second-order valence-electron chi connectivity index (χ2n) is 4.62. The number of carbonyl (C=O) groups is 1. The molecule has 0 saturated carbocycles. The van der Waals surface area contributed by atoms with E-state index in [1.165, 1.54) is 0 Å². The van der Waals surface area contributed by atoms with Crippen molar-refractivity contribution in [1.29, 1.82) is 0 Å². The summed E-state index contributed by atoms with van der Waals surface area (Å²) in [5.74, 6) is 1.65. The number of benzene rings is 1. The van der Waals surface area contributed by atoms with Crippen LogP contribution in [0.4, 0.5) is 0 Å². The number of hydrogen-bond acceptors (Lipinski definition) is 4. The second kappa shape index (κ2) is 9.20. The molecule has 0 saturated heterocycles. The normalized spacial score (nSPS) is 11.8. The van der Waals surface area contributed by atoms with Crippen molar-refractivity contribution < 1.29 is 14.3 Å². The predicted octanol–water partition coefficient (Wildman–Crippen LogP) is 1.58. The zero-order chi connectivity index (χ0) is 14.8. The number of nitrogens with one attached hydrogen (secondary N) is 2. The van der Waals surface area contributed by atoms with Crippen LogP contribution in [0.25, 0.3) is 0 Å². The van der Waals surface area contributed by atoms with E-state index in [0.29, 0.717) is 26.0 Å². The molecule has 0 spiro atoms. The van der Waals surface area contributed by atoms with Crippen LogP contribution in [0, 0.1) is 0 Å². The highest BCUT2D eigenvalue weighted by atomic mass is 16.5. The number of ether oxygens (including phenoxy) is 2. The van der Waals surface area contributed by atoms with Gasteiger partial charge < -0.3 is 20.1 Å². The van der Waals surface area contributed by atoms with E-state index in [2.05, 4.69) is 10.6 Å². The molecule has 5 heteroatoms. The molecule has 0 aliphatic carbocycles. The molecule has 1 unspecified atom stereocenters. The number of amides is 1. The summed E-state index contributed by atoms with van der Waals surface area (Å²) in [6.45, 7) is 3.20. The second-order valence-corrected chi connectivity index (χ2v) is 4.62. The van der Waals surface area contributed by atoms with E-state index in [1.54, 1.807) is 7.11 Å². The topological polar surface area (TPSA) is 59.6 Å². The average molecular weight is 280 g/mol. The van der Waals surface area contributed by atoms with E-state index >= 15 is 0 Å². The fraction of sp³-hybridized carbons (Fsp3) is 0.533. The number of likely N-dealkylation sites (N-methyl/N-ethyl adjacent to an activating group) is 1. The fourth-order valence-electron chi connectivity index (χ4n) is 1.55. The molecule has 0 heterocycles. The lowest BCUT2D eigenvalue weighted by Crippen LogP contribution is -2.37. The quantitative estimate of drug-likeness (QED) is 0.674. The molecule has 112 valence electrons.